The molecule has 0 aliphatic heterocycles. The van der Waals surface area contributed by atoms with Crippen LogP contribution in [0.5, 0.6) is 0 Å². The van der Waals surface area contributed by atoms with Crippen molar-refractivity contribution in [2.75, 3.05) is 18.5 Å². The maximum Gasteiger partial charge on any atom is 0.329 e. The van der Waals surface area contributed by atoms with E-state index in [1.165, 1.54) is 0 Å². The van der Waals surface area contributed by atoms with Crippen molar-refractivity contribution in [1.82, 2.24) is 9.78 Å². The number of nitrogens with zero attached hydrogens (tertiary/aromatic N) is 2. The van der Waals surface area contributed by atoms with E-state index in [0.29, 0.717) is 11.4 Å². The predicted molar refractivity (Wildman–Crippen MR) is 55.0 cm³/mol. The zero-order chi connectivity index (χ0) is 12.1. The van der Waals surface area contributed by atoms with Crippen LogP contribution in [0.25, 0.3) is 0 Å². The molecule has 0 radical (unpaired) electrons. The Morgan fingerprint density at radius 2 is 2.25 bits per heavy atom. The zero-order valence-corrected chi connectivity index (χ0v) is 9.06. The SMILES string of the molecule is Cc1nn(C)cc1NC(=O)COCC(=O)O. The average Bonchev–Trinajstić information content (AvgIpc) is 2.44. The number of amides is 1. The summed E-state index contributed by atoms with van der Waals surface area (Å²) in [4.78, 5) is 21.4. The molecular weight excluding hydrogens is 214 g/mol. The predicted octanol–water partition coefficient (Wildman–Crippen LogP) is -0.232. The minimum Gasteiger partial charge on any atom is -0.480 e. The second kappa shape index (κ2) is 5.26. The second-order valence-corrected chi connectivity index (χ2v) is 3.24. The molecular formula is C9H13N3O4. The summed E-state index contributed by atoms with van der Waals surface area (Å²) in [7, 11) is 1.74. The van der Waals surface area contributed by atoms with E-state index >= 15 is 0 Å². The number of carbonyl (C=O) groups excluding carboxylic acids is 1. The first-order valence-electron chi connectivity index (χ1n) is 4.58. The smallest absolute Gasteiger partial charge is 0.329 e. The van der Waals surface area contributed by atoms with Crippen molar-refractivity contribution < 1.29 is 19.4 Å². The quantitative estimate of drug-likeness (QED) is 0.724. The molecule has 7 heteroatoms. The Balaban J connectivity index is 2.40. The van der Waals surface area contributed by atoms with Crippen molar-refractivity contribution in [3.63, 3.8) is 0 Å². The van der Waals surface area contributed by atoms with E-state index in [1.807, 2.05) is 0 Å². The van der Waals surface area contributed by atoms with Gasteiger partial charge in [0.2, 0.25) is 5.91 Å². The van der Waals surface area contributed by atoms with E-state index in [-0.39, 0.29) is 6.61 Å². The number of aromatic nitrogens is 2. The van der Waals surface area contributed by atoms with Gasteiger partial charge in [0.25, 0.3) is 0 Å². The fourth-order valence-corrected chi connectivity index (χ4v) is 1.14. The molecule has 0 aliphatic rings. The van der Waals surface area contributed by atoms with Crippen LogP contribution in [-0.2, 0) is 21.4 Å². The molecule has 0 unspecified atom stereocenters. The first-order valence-corrected chi connectivity index (χ1v) is 4.58. The number of aryl methyl sites for hydroxylation is 2. The lowest BCUT2D eigenvalue weighted by atomic mass is 10.4. The van der Waals surface area contributed by atoms with Crippen LogP contribution >= 0.6 is 0 Å². The number of anilines is 1. The molecule has 1 amide bonds. The monoisotopic (exact) mass is 227 g/mol. The molecule has 16 heavy (non-hydrogen) atoms. The molecule has 0 spiro atoms. The van der Waals surface area contributed by atoms with Crippen LogP contribution in [0.4, 0.5) is 5.69 Å². The van der Waals surface area contributed by atoms with E-state index in [4.69, 9.17) is 5.11 Å². The molecule has 2 N–H and O–H groups in total. The summed E-state index contributed by atoms with van der Waals surface area (Å²) in [6, 6.07) is 0. The molecule has 1 aromatic heterocycles. The number of hydrogen-bond donors (Lipinski definition) is 2. The Morgan fingerprint density at radius 3 is 2.75 bits per heavy atom. The van der Waals surface area contributed by atoms with Crippen molar-refractivity contribution >= 4 is 17.6 Å². The lowest BCUT2D eigenvalue weighted by Crippen LogP contribution is -2.20. The van der Waals surface area contributed by atoms with Crippen LogP contribution in [0.1, 0.15) is 5.69 Å². The molecule has 0 atom stereocenters. The topological polar surface area (TPSA) is 93.5 Å². The van der Waals surface area contributed by atoms with E-state index in [2.05, 4.69) is 15.2 Å². The minimum absolute atomic E-state index is 0.291. The number of nitrogens with one attached hydrogen (secondary N) is 1. The molecule has 0 fully saturated rings. The number of carboxylic acids is 1. The van der Waals surface area contributed by atoms with Crippen LogP contribution in [0, 0.1) is 6.92 Å². The number of aliphatic carboxylic acids is 1. The number of carboxylic acid groups (broad SMARTS) is 1. The second-order valence-electron chi connectivity index (χ2n) is 3.24. The van der Waals surface area contributed by atoms with Crippen LogP contribution in [-0.4, -0.2) is 40.0 Å². The third kappa shape index (κ3) is 3.70. The van der Waals surface area contributed by atoms with Crippen molar-refractivity contribution in [3.05, 3.63) is 11.9 Å². The lowest BCUT2D eigenvalue weighted by molar-refractivity contribution is -0.143. The molecule has 88 valence electrons. The minimum atomic E-state index is -1.11. The summed E-state index contributed by atoms with van der Waals surface area (Å²) < 4.78 is 6.21. The highest BCUT2D eigenvalue weighted by Crippen LogP contribution is 2.10. The van der Waals surface area contributed by atoms with Crippen molar-refractivity contribution in [2.24, 2.45) is 7.05 Å². The van der Waals surface area contributed by atoms with Crippen LogP contribution in [0.15, 0.2) is 6.20 Å². The molecule has 7 nitrogen and oxygen atoms in total. The van der Waals surface area contributed by atoms with Gasteiger partial charge in [-0.1, -0.05) is 0 Å². The van der Waals surface area contributed by atoms with Gasteiger partial charge in [-0.15, -0.1) is 0 Å². The molecule has 0 saturated heterocycles. The third-order valence-electron chi connectivity index (χ3n) is 1.75. The van der Waals surface area contributed by atoms with E-state index < -0.39 is 18.5 Å². The fourth-order valence-electron chi connectivity index (χ4n) is 1.14. The normalized spacial score (nSPS) is 10.1. The Labute approximate surface area is 92.0 Å². The molecule has 0 aromatic carbocycles. The fraction of sp³-hybridized carbons (Fsp3) is 0.444. The van der Waals surface area contributed by atoms with E-state index in [9.17, 15) is 9.59 Å². The molecule has 0 saturated carbocycles. The standard InChI is InChI=1S/C9H13N3O4/c1-6-7(3-12(2)11-6)10-8(13)4-16-5-9(14)15/h3H,4-5H2,1-2H3,(H,10,13)(H,14,15). The number of carbonyl (C=O) groups is 2. The molecule has 1 rings (SSSR count). The van der Waals surface area contributed by atoms with Gasteiger partial charge in [0.1, 0.15) is 13.2 Å². The first-order chi connectivity index (χ1) is 7.49. The highest BCUT2D eigenvalue weighted by atomic mass is 16.5. The highest BCUT2D eigenvalue weighted by molar-refractivity contribution is 5.92. The summed E-state index contributed by atoms with van der Waals surface area (Å²) in [5, 5.41) is 14.9. The maximum absolute atomic E-state index is 11.3. The van der Waals surface area contributed by atoms with Gasteiger partial charge in [0.15, 0.2) is 0 Å². The van der Waals surface area contributed by atoms with Crippen molar-refractivity contribution in [3.8, 4) is 0 Å². The molecule has 0 aliphatic carbocycles. The number of ether oxygens (including phenoxy) is 1. The number of rotatable bonds is 5. The Morgan fingerprint density at radius 1 is 1.56 bits per heavy atom. The van der Waals surface area contributed by atoms with Gasteiger partial charge in [-0.2, -0.15) is 5.10 Å². The summed E-state index contributed by atoms with van der Waals surface area (Å²) >= 11 is 0. The summed E-state index contributed by atoms with van der Waals surface area (Å²) in [6.45, 7) is 0.980. The van der Waals surface area contributed by atoms with Gasteiger partial charge < -0.3 is 15.2 Å². The average molecular weight is 227 g/mol. The van der Waals surface area contributed by atoms with Gasteiger partial charge in [0.05, 0.1) is 11.4 Å². The van der Waals surface area contributed by atoms with Gasteiger partial charge in [-0.05, 0) is 6.92 Å². The van der Waals surface area contributed by atoms with Crippen LogP contribution in [0.2, 0.25) is 0 Å². The van der Waals surface area contributed by atoms with Crippen molar-refractivity contribution in [1.29, 1.82) is 0 Å². The van der Waals surface area contributed by atoms with Gasteiger partial charge in [-0.25, -0.2) is 4.79 Å². The summed E-state index contributed by atoms with van der Waals surface area (Å²) in [5.74, 6) is -1.51. The number of hydrogen-bond acceptors (Lipinski definition) is 4. The molecule has 1 heterocycles. The Bertz CT molecular complexity index is 399. The zero-order valence-electron chi connectivity index (χ0n) is 9.06. The van der Waals surface area contributed by atoms with Crippen molar-refractivity contribution in [2.45, 2.75) is 6.92 Å². The Hall–Kier alpha value is -1.89. The van der Waals surface area contributed by atoms with E-state index in [1.54, 1.807) is 24.9 Å². The summed E-state index contributed by atoms with van der Waals surface area (Å²) in [5.41, 5.74) is 1.28. The van der Waals surface area contributed by atoms with Crippen LogP contribution in [0.3, 0.4) is 0 Å². The van der Waals surface area contributed by atoms with Gasteiger partial charge in [0, 0.05) is 13.2 Å². The van der Waals surface area contributed by atoms with Gasteiger partial charge in [-0.3, -0.25) is 9.48 Å². The third-order valence-corrected chi connectivity index (χ3v) is 1.75. The highest BCUT2D eigenvalue weighted by Gasteiger charge is 2.08. The van der Waals surface area contributed by atoms with Crippen LogP contribution < -0.4 is 5.32 Å². The van der Waals surface area contributed by atoms with E-state index in [0.717, 1.165) is 0 Å². The molecule has 1 aromatic rings. The Kier molecular flexibility index (Phi) is 4.01. The van der Waals surface area contributed by atoms with Gasteiger partial charge >= 0.3 is 5.97 Å². The summed E-state index contributed by atoms with van der Waals surface area (Å²) in [6.07, 6.45) is 1.66. The lowest BCUT2D eigenvalue weighted by Gasteiger charge is -2.03. The largest absolute Gasteiger partial charge is 0.480 e. The maximum atomic E-state index is 11.3. The molecule has 0 bridgehead atoms. The first kappa shape index (κ1) is 12.2.